The molecule has 3 aromatic rings. The molecule has 0 N–H and O–H groups in total. The molecule has 1 aromatic heterocycles. The van der Waals surface area contributed by atoms with Crippen molar-refractivity contribution in [1.29, 1.82) is 0 Å². The van der Waals surface area contributed by atoms with Crippen LogP contribution in [0.4, 0.5) is 0 Å². The molecule has 2 heterocycles. The van der Waals surface area contributed by atoms with Crippen LogP contribution >= 0.6 is 0 Å². The summed E-state index contributed by atoms with van der Waals surface area (Å²) in [4.78, 5) is 12.6. The summed E-state index contributed by atoms with van der Waals surface area (Å²) in [5, 5.41) is 0.825. The highest BCUT2D eigenvalue weighted by molar-refractivity contribution is 7.89. The van der Waals surface area contributed by atoms with Gasteiger partial charge in [0.1, 0.15) is 5.58 Å². The van der Waals surface area contributed by atoms with Crippen molar-refractivity contribution in [2.75, 3.05) is 6.54 Å². The Morgan fingerprint density at radius 3 is 2.52 bits per heavy atom. The second-order valence-electron chi connectivity index (χ2n) is 6.97. The highest BCUT2D eigenvalue weighted by Crippen LogP contribution is 2.27. The number of benzene rings is 2. The number of rotatable bonds is 3. The van der Waals surface area contributed by atoms with Crippen LogP contribution in [0.5, 0.6) is 0 Å². The molecule has 0 bridgehead atoms. The molecule has 1 fully saturated rings. The Morgan fingerprint density at radius 1 is 1.04 bits per heavy atom. The predicted octanol–water partition coefficient (Wildman–Crippen LogP) is 4.02. The van der Waals surface area contributed by atoms with Gasteiger partial charge in [-0.3, -0.25) is 0 Å². The third kappa shape index (κ3) is 3.31. The monoisotopic (exact) mass is 383 g/mol. The van der Waals surface area contributed by atoms with Crippen LogP contribution in [0, 0.1) is 0 Å². The number of hydrogen-bond acceptors (Lipinski definition) is 4. The van der Waals surface area contributed by atoms with Crippen molar-refractivity contribution >= 4 is 21.0 Å². The van der Waals surface area contributed by atoms with Crippen LogP contribution in [0.3, 0.4) is 0 Å². The minimum atomic E-state index is -3.52. The molecule has 27 heavy (non-hydrogen) atoms. The summed E-state index contributed by atoms with van der Waals surface area (Å²) in [5.74, 6) is 0. The lowest BCUT2D eigenvalue weighted by molar-refractivity contribution is 0.268. The fourth-order valence-corrected chi connectivity index (χ4v) is 5.33. The quantitative estimate of drug-likeness (QED) is 0.641. The topological polar surface area (TPSA) is 67.6 Å². The number of nitrogens with zero attached hydrogens (tertiary/aromatic N) is 1. The fourth-order valence-electron chi connectivity index (χ4n) is 3.63. The number of para-hydroxylation sites is 1. The van der Waals surface area contributed by atoms with Crippen LogP contribution in [-0.4, -0.2) is 25.3 Å². The van der Waals surface area contributed by atoms with E-state index in [9.17, 15) is 13.2 Å². The molecule has 0 amide bonds. The summed E-state index contributed by atoms with van der Waals surface area (Å²) >= 11 is 0. The smallest absolute Gasteiger partial charge is 0.344 e. The van der Waals surface area contributed by atoms with Gasteiger partial charge in [0.05, 0.1) is 10.5 Å². The Balaban J connectivity index is 1.70. The maximum Gasteiger partial charge on any atom is 0.344 e. The molecule has 4 rings (SSSR count). The van der Waals surface area contributed by atoms with E-state index in [1.54, 1.807) is 40.7 Å². The van der Waals surface area contributed by atoms with Crippen molar-refractivity contribution in [2.45, 2.75) is 37.1 Å². The second-order valence-corrected chi connectivity index (χ2v) is 8.86. The average molecular weight is 383 g/mol. The van der Waals surface area contributed by atoms with Gasteiger partial charge in [-0.2, -0.15) is 4.31 Å². The van der Waals surface area contributed by atoms with E-state index in [0.29, 0.717) is 23.3 Å². The summed E-state index contributed by atoms with van der Waals surface area (Å²) in [7, 11) is -3.52. The van der Waals surface area contributed by atoms with Gasteiger partial charge in [-0.1, -0.05) is 36.8 Å². The van der Waals surface area contributed by atoms with Gasteiger partial charge >= 0.3 is 5.63 Å². The van der Waals surface area contributed by atoms with Crippen molar-refractivity contribution < 1.29 is 12.8 Å². The molecule has 0 aliphatic carbocycles. The summed E-state index contributed by atoms with van der Waals surface area (Å²) < 4.78 is 32.8. The van der Waals surface area contributed by atoms with Gasteiger partial charge in [0, 0.05) is 18.0 Å². The van der Waals surface area contributed by atoms with Crippen molar-refractivity contribution in [3.05, 3.63) is 65.0 Å². The van der Waals surface area contributed by atoms with E-state index >= 15 is 0 Å². The second kappa shape index (κ2) is 6.94. The lowest BCUT2D eigenvalue weighted by Gasteiger charge is -2.32. The van der Waals surface area contributed by atoms with Gasteiger partial charge in [0.25, 0.3) is 0 Å². The summed E-state index contributed by atoms with van der Waals surface area (Å²) in [6.07, 6.45) is 2.83. The van der Waals surface area contributed by atoms with E-state index in [2.05, 4.69) is 0 Å². The van der Waals surface area contributed by atoms with Crippen molar-refractivity contribution in [1.82, 2.24) is 4.31 Å². The molecule has 1 aliphatic rings. The fraction of sp³-hybridized carbons (Fsp3) is 0.286. The normalized spacial score (nSPS) is 18.6. The number of fused-ring (bicyclic) bond motifs is 1. The molecule has 0 radical (unpaired) electrons. The molecule has 0 unspecified atom stereocenters. The maximum atomic E-state index is 12.9. The first-order valence-corrected chi connectivity index (χ1v) is 10.6. The summed E-state index contributed by atoms with van der Waals surface area (Å²) in [5.41, 5.74) is 1.16. The molecule has 1 atom stereocenters. The van der Waals surface area contributed by atoms with Crippen LogP contribution in [-0.2, 0) is 10.0 Å². The number of piperidine rings is 1. The zero-order chi connectivity index (χ0) is 19.0. The third-order valence-electron chi connectivity index (χ3n) is 5.16. The molecule has 1 saturated heterocycles. The molecule has 5 nitrogen and oxygen atoms in total. The van der Waals surface area contributed by atoms with E-state index in [4.69, 9.17) is 4.42 Å². The van der Waals surface area contributed by atoms with E-state index in [0.717, 1.165) is 24.6 Å². The van der Waals surface area contributed by atoms with E-state index in [1.807, 2.05) is 25.1 Å². The Morgan fingerprint density at radius 2 is 1.78 bits per heavy atom. The highest BCUT2D eigenvalue weighted by Gasteiger charge is 2.30. The van der Waals surface area contributed by atoms with E-state index in [1.165, 1.54) is 0 Å². The molecule has 0 saturated carbocycles. The Bertz CT molecular complexity index is 1130. The van der Waals surface area contributed by atoms with Crippen molar-refractivity contribution in [2.24, 2.45) is 0 Å². The Hall–Kier alpha value is -2.44. The standard InChI is InChI=1S/C21H21NO4S/c1-15-6-4-5-13-22(15)27(24,25)18-11-9-16(10-12-18)19-14-17-7-2-3-8-20(17)26-21(19)23/h2-3,7-12,14-15H,4-6,13H2,1H3/t15-/m1/s1. The zero-order valence-electron chi connectivity index (χ0n) is 15.1. The minimum Gasteiger partial charge on any atom is -0.422 e. The first kappa shape index (κ1) is 17.9. The average Bonchev–Trinajstić information content (AvgIpc) is 2.68. The Labute approximate surface area is 158 Å². The van der Waals surface area contributed by atoms with Crippen LogP contribution in [0.1, 0.15) is 26.2 Å². The van der Waals surface area contributed by atoms with Crippen LogP contribution in [0.25, 0.3) is 22.1 Å². The molecule has 1 aliphatic heterocycles. The lowest BCUT2D eigenvalue weighted by atomic mass is 10.1. The molecule has 140 valence electrons. The SMILES string of the molecule is C[C@@H]1CCCCN1S(=O)(=O)c1ccc(-c2cc3ccccc3oc2=O)cc1. The molecular weight excluding hydrogens is 362 g/mol. The van der Waals surface area contributed by atoms with Crippen LogP contribution in [0.15, 0.2) is 68.7 Å². The molecule has 0 spiro atoms. The minimum absolute atomic E-state index is 0.0101. The van der Waals surface area contributed by atoms with Gasteiger partial charge < -0.3 is 4.42 Å². The van der Waals surface area contributed by atoms with Crippen molar-refractivity contribution in [3.63, 3.8) is 0 Å². The maximum absolute atomic E-state index is 12.9. The number of sulfonamides is 1. The van der Waals surface area contributed by atoms with E-state index in [-0.39, 0.29) is 10.9 Å². The summed E-state index contributed by atoms with van der Waals surface area (Å²) in [6, 6.07) is 15.6. The first-order chi connectivity index (χ1) is 13.0. The molecule has 2 aromatic carbocycles. The largest absolute Gasteiger partial charge is 0.422 e. The van der Waals surface area contributed by atoms with E-state index < -0.39 is 15.6 Å². The Kier molecular flexibility index (Phi) is 4.61. The predicted molar refractivity (Wildman–Crippen MR) is 105 cm³/mol. The summed E-state index contributed by atoms with van der Waals surface area (Å²) in [6.45, 7) is 2.50. The molecular formula is C21H21NO4S. The van der Waals surface area contributed by atoms with Crippen LogP contribution in [0.2, 0.25) is 0 Å². The van der Waals surface area contributed by atoms with Gasteiger partial charge in [0.15, 0.2) is 0 Å². The zero-order valence-corrected chi connectivity index (χ0v) is 15.9. The lowest BCUT2D eigenvalue weighted by Crippen LogP contribution is -2.41. The van der Waals surface area contributed by atoms with Gasteiger partial charge in [0.2, 0.25) is 10.0 Å². The van der Waals surface area contributed by atoms with Crippen LogP contribution < -0.4 is 5.63 Å². The van der Waals surface area contributed by atoms with Crippen molar-refractivity contribution in [3.8, 4) is 11.1 Å². The van der Waals surface area contributed by atoms with Gasteiger partial charge in [-0.15, -0.1) is 0 Å². The first-order valence-electron chi connectivity index (χ1n) is 9.12. The van der Waals surface area contributed by atoms with Gasteiger partial charge in [-0.05, 0) is 49.6 Å². The van der Waals surface area contributed by atoms with Gasteiger partial charge in [-0.25, -0.2) is 13.2 Å². The highest BCUT2D eigenvalue weighted by atomic mass is 32.2. The third-order valence-corrected chi connectivity index (χ3v) is 7.18. The molecule has 6 heteroatoms. The number of hydrogen-bond donors (Lipinski definition) is 0.